The summed E-state index contributed by atoms with van der Waals surface area (Å²) in [6.07, 6.45) is 6.50. The number of aromatic nitrogens is 1. The molecule has 33 heavy (non-hydrogen) atoms. The molecule has 9 nitrogen and oxygen atoms in total. The van der Waals surface area contributed by atoms with Gasteiger partial charge in [-0.05, 0) is 31.0 Å². The molecule has 3 aromatic rings. The molecule has 1 aromatic carbocycles. The molecule has 3 heterocycles. The van der Waals surface area contributed by atoms with Gasteiger partial charge in [0.25, 0.3) is 21.6 Å². The van der Waals surface area contributed by atoms with Crippen molar-refractivity contribution < 1.29 is 18.1 Å². The van der Waals surface area contributed by atoms with E-state index in [0.29, 0.717) is 38.7 Å². The normalized spacial score (nSPS) is 17.8. The smallest absolute Gasteiger partial charge is 0.270 e. The summed E-state index contributed by atoms with van der Waals surface area (Å²) < 4.78 is 29.9. The third-order valence-corrected chi connectivity index (χ3v) is 9.81. The van der Waals surface area contributed by atoms with E-state index >= 15 is 0 Å². The zero-order valence-corrected chi connectivity index (χ0v) is 20.2. The number of rotatable bonds is 5. The number of amides is 1. The molecule has 0 saturated carbocycles. The van der Waals surface area contributed by atoms with Crippen LogP contribution in [-0.2, 0) is 21.4 Å². The number of carbonyl (C=O) groups excluding carboxylic acids is 1. The molecule has 0 radical (unpaired) electrons. The predicted molar refractivity (Wildman–Crippen MR) is 127 cm³/mol. The summed E-state index contributed by atoms with van der Waals surface area (Å²) >= 11 is 7.99. The van der Waals surface area contributed by atoms with Crippen molar-refractivity contribution in [3.63, 3.8) is 0 Å². The Morgan fingerprint density at radius 2 is 2.12 bits per heavy atom. The van der Waals surface area contributed by atoms with Crippen LogP contribution in [0.3, 0.4) is 0 Å². The van der Waals surface area contributed by atoms with Crippen molar-refractivity contribution in [1.29, 1.82) is 0 Å². The Bertz CT molecular complexity index is 1460. The minimum atomic E-state index is -3.75. The summed E-state index contributed by atoms with van der Waals surface area (Å²) in [6.45, 7) is 0.463. The van der Waals surface area contributed by atoms with Crippen LogP contribution in [0.25, 0.3) is 10.2 Å². The van der Waals surface area contributed by atoms with Crippen molar-refractivity contribution in [3.05, 3.63) is 49.6 Å². The SMILES string of the molecule is C#CCn1c(=NC(=O)C2CCCN(S(=O)(=O)c3ccc(Cl)s3)C2)sc2cc([N+](=O)[O-])ccc21. The van der Waals surface area contributed by atoms with Crippen LogP contribution in [-0.4, -0.2) is 41.2 Å². The highest BCUT2D eigenvalue weighted by Crippen LogP contribution is 2.31. The molecular weight excluding hydrogens is 508 g/mol. The zero-order chi connectivity index (χ0) is 23.8. The first-order valence-corrected chi connectivity index (χ1v) is 13.2. The molecule has 1 saturated heterocycles. The first kappa shape index (κ1) is 23.6. The number of terminal acetylenes is 1. The van der Waals surface area contributed by atoms with Gasteiger partial charge in [0.2, 0.25) is 0 Å². The number of thiazole rings is 1. The number of hydrogen-bond acceptors (Lipinski definition) is 7. The fraction of sp³-hybridized carbons (Fsp3) is 0.300. The second-order valence-corrected chi connectivity index (χ2v) is 12.2. The van der Waals surface area contributed by atoms with Gasteiger partial charge in [0.15, 0.2) is 4.80 Å². The van der Waals surface area contributed by atoms with E-state index in [4.69, 9.17) is 18.0 Å². The Kier molecular flexibility index (Phi) is 6.69. The fourth-order valence-corrected chi connectivity index (χ4v) is 7.85. The Balaban J connectivity index is 1.65. The van der Waals surface area contributed by atoms with E-state index in [2.05, 4.69) is 10.9 Å². The van der Waals surface area contributed by atoms with Crippen LogP contribution in [0.5, 0.6) is 0 Å². The summed E-state index contributed by atoms with van der Waals surface area (Å²) in [5, 5.41) is 11.1. The fourth-order valence-electron chi connectivity index (χ4n) is 3.62. The molecule has 172 valence electrons. The molecule has 0 N–H and O–H groups in total. The van der Waals surface area contributed by atoms with E-state index in [-0.39, 0.29) is 23.0 Å². The summed E-state index contributed by atoms with van der Waals surface area (Å²) in [5.41, 5.74) is 0.564. The number of hydrogen-bond donors (Lipinski definition) is 0. The van der Waals surface area contributed by atoms with Crippen LogP contribution in [0, 0.1) is 28.4 Å². The van der Waals surface area contributed by atoms with E-state index in [1.165, 1.54) is 28.6 Å². The van der Waals surface area contributed by atoms with Gasteiger partial charge in [0, 0.05) is 25.2 Å². The highest BCUT2D eigenvalue weighted by Gasteiger charge is 2.34. The zero-order valence-electron chi connectivity index (χ0n) is 17.0. The van der Waals surface area contributed by atoms with E-state index in [0.717, 1.165) is 22.7 Å². The Hall–Kier alpha value is -2.56. The van der Waals surface area contributed by atoms with Crippen molar-refractivity contribution in [1.82, 2.24) is 8.87 Å². The number of nitro benzene ring substituents is 1. The van der Waals surface area contributed by atoms with E-state index in [1.54, 1.807) is 10.6 Å². The maximum Gasteiger partial charge on any atom is 0.270 e. The van der Waals surface area contributed by atoms with Crippen LogP contribution in [0.4, 0.5) is 5.69 Å². The number of piperidine rings is 1. The molecule has 1 aliphatic heterocycles. The van der Waals surface area contributed by atoms with Gasteiger partial charge in [-0.25, -0.2) is 8.42 Å². The molecule has 1 aliphatic rings. The molecule has 0 bridgehead atoms. The Morgan fingerprint density at radius 3 is 2.79 bits per heavy atom. The van der Waals surface area contributed by atoms with Crippen LogP contribution < -0.4 is 4.80 Å². The summed E-state index contributed by atoms with van der Waals surface area (Å²) in [6, 6.07) is 7.34. The Morgan fingerprint density at radius 1 is 1.33 bits per heavy atom. The lowest BCUT2D eigenvalue weighted by atomic mass is 9.99. The second kappa shape index (κ2) is 9.36. The van der Waals surface area contributed by atoms with Crippen molar-refractivity contribution in [2.24, 2.45) is 10.9 Å². The average Bonchev–Trinajstić information content (AvgIpc) is 3.37. The Labute approximate surface area is 202 Å². The lowest BCUT2D eigenvalue weighted by Crippen LogP contribution is -2.42. The first-order chi connectivity index (χ1) is 15.7. The number of benzene rings is 1. The molecule has 1 unspecified atom stereocenters. The number of nitro groups is 1. The van der Waals surface area contributed by atoms with E-state index in [9.17, 15) is 23.3 Å². The molecule has 4 rings (SSSR count). The topological polar surface area (TPSA) is 115 Å². The van der Waals surface area contributed by atoms with Crippen molar-refractivity contribution in [3.8, 4) is 12.3 Å². The lowest BCUT2D eigenvalue weighted by molar-refractivity contribution is -0.384. The molecule has 1 atom stereocenters. The molecule has 13 heteroatoms. The van der Waals surface area contributed by atoms with Gasteiger partial charge in [-0.2, -0.15) is 9.30 Å². The minimum absolute atomic E-state index is 0.0195. The second-order valence-electron chi connectivity index (χ2n) is 7.29. The number of halogens is 1. The number of sulfonamides is 1. The summed E-state index contributed by atoms with van der Waals surface area (Å²) in [4.78, 5) is 28.2. The van der Waals surface area contributed by atoms with Crippen LogP contribution in [0.15, 0.2) is 39.5 Å². The van der Waals surface area contributed by atoms with E-state index in [1.807, 2.05) is 0 Å². The maximum absolute atomic E-state index is 13.0. The van der Waals surface area contributed by atoms with Crippen molar-refractivity contribution >= 4 is 66.1 Å². The highest BCUT2D eigenvalue weighted by atomic mass is 35.5. The first-order valence-electron chi connectivity index (χ1n) is 9.76. The number of carbonyl (C=O) groups is 1. The van der Waals surface area contributed by atoms with Crippen molar-refractivity contribution in [2.45, 2.75) is 23.6 Å². The monoisotopic (exact) mass is 524 g/mol. The predicted octanol–water partition coefficient (Wildman–Crippen LogP) is 3.49. The summed E-state index contributed by atoms with van der Waals surface area (Å²) in [7, 11) is -3.75. The lowest BCUT2D eigenvalue weighted by Gasteiger charge is -2.29. The van der Waals surface area contributed by atoms with E-state index < -0.39 is 26.8 Å². The standard InChI is InChI=1S/C20H17ClN4O5S3/c1-2-9-24-15-6-5-14(25(27)28)11-16(15)31-20(24)22-19(26)13-4-3-10-23(12-13)33(29,30)18-8-7-17(21)32-18/h1,5-8,11,13H,3-4,9-10,12H2. The quantitative estimate of drug-likeness (QED) is 0.288. The van der Waals surface area contributed by atoms with Crippen LogP contribution in [0.1, 0.15) is 12.8 Å². The number of nitrogens with zero attached hydrogens (tertiary/aromatic N) is 4. The molecule has 0 aliphatic carbocycles. The third-order valence-electron chi connectivity index (χ3n) is 5.21. The number of thiophene rings is 1. The molecule has 0 spiro atoms. The van der Waals surface area contributed by atoms with Crippen LogP contribution >= 0.6 is 34.3 Å². The van der Waals surface area contributed by atoms with Gasteiger partial charge in [-0.3, -0.25) is 14.9 Å². The number of fused-ring (bicyclic) bond motifs is 1. The molecule has 1 amide bonds. The van der Waals surface area contributed by atoms with Gasteiger partial charge < -0.3 is 4.57 Å². The molecular formula is C20H17ClN4O5S3. The van der Waals surface area contributed by atoms with Gasteiger partial charge in [-0.15, -0.1) is 17.8 Å². The average molecular weight is 525 g/mol. The molecule has 2 aromatic heterocycles. The van der Waals surface area contributed by atoms with Crippen molar-refractivity contribution in [2.75, 3.05) is 13.1 Å². The van der Waals surface area contributed by atoms with Crippen LogP contribution in [0.2, 0.25) is 4.34 Å². The van der Waals surface area contributed by atoms with Gasteiger partial charge >= 0.3 is 0 Å². The maximum atomic E-state index is 13.0. The summed E-state index contributed by atoms with van der Waals surface area (Å²) in [5.74, 6) is 1.45. The molecule has 1 fully saturated rings. The highest BCUT2D eigenvalue weighted by molar-refractivity contribution is 7.91. The van der Waals surface area contributed by atoms with Gasteiger partial charge in [-0.1, -0.05) is 28.9 Å². The van der Waals surface area contributed by atoms with Gasteiger partial charge in [0.05, 0.1) is 31.9 Å². The third kappa shape index (κ3) is 4.73. The number of non-ortho nitro benzene ring substituents is 1. The largest absolute Gasteiger partial charge is 0.305 e. The van der Waals surface area contributed by atoms with Gasteiger partial charge in [0.1, 0.15) is 4.21 Å². The minimum Gasteiger partial charge on any atom is -0.305 e.